The van der Waals surface area contributed by atoms with Crippen molar-refractivity contribution in [1.82, 2.24) is 25.2 Å². The van der Waals surface area contributed by atoms with Crippen LogP contribution in [0, 0.1) is 17.7 Å². The van der Waals surface area contributed by atoms with E-state index in [9.17, 15) is 18.3 Å². The molecular formula is C18H14F3N5O. The monoisotopic (exact) mass is 373 g/mol. The fourth-order valence-corrected chi connectivity index (χ4v) is 2.29. The molecule has 1 atom stereocenters. The van der Waals surface area contributed by atoms with Gasteiger partial charge in [0.2, 0.25) is 0 Å². The van der Waals surface area contributed by atoms with Gasteiger partial charge in [0.25, 0.3) is 0 Å². The molecule has 2 aromatic heterocycles. The van der Waals surface area contributed by atoms with Gasteiger partial charge in [0.1, 0.15) is 23.9 Å². The summed E-state index contributed by atoms with van der Waals surface area (Å²) in [6, 6.07) is 8.54. The Hall–Kier alpha value is -3.25. The number of rotatable bonds is 5. The molecule has 3 aromatic rings. The van der Waals surface area contributed by atoms with Crippen LogP contribution in [0.25, 0.3) is 0 Å². The molecule has 9 heteroatoms. The van der Waals surface area contributed by atoms with Crippen molar-refractivity contribution in [3.8, 4) is 11.8 Å². The van der Waals surface area contributed by atoms with Crippen LogP contribution in [0.3, 0.4) is 0 Å². The second-order valence-corrected chi connectivity index (χ2v) is 5.71. The first kappa shape index (κ1) is 18.5. The van der Waals surface area contributed by atoms with Crippen molar-refractivity contribution in [3.63, 3.8) is 0 Å². The Morgan fingerprint density at radius 3 is 2.74 bits per heavy atom. The highest BCUT2D eigenvalue weighted by molar-refractivity contribution is 5.35. The Kier molecular flexibility index (Phi) is 5.47. The van der Waals surface area contributed by atoms with E-state index in [1.165, 1.54) is 24.4 Å². The SMILES string of the molecule is OC(Cn1cnnn1)C(F)(F)c1ccc(C#CCc2cccc(F)c2)cn1. The molecule has 0 aliphatic carbocycles. The normalized spacial score (nSPS) is 12.3. The fraction of sp³-hybridized carbons (Fsp3) is 0.222. The molecule has 1 N–H and O–H groups in total. The van der Waals surface area contributed by atoms with E-state index in [1.54, 1.807) is 12.1 Å². The zero-order valence-corrected chi connectivity index (χ0v) is 13.9. The van der Waals surface area contributed by atoms with Crippen LogP contribution in [0.5, 0.6) is 0 Å². The third-order valence-electron chi connectivity index (χ3n) is 3.69. The van der Waals surface area contributed by atoms with Crippen LogP contribution in [-0.2, 0) is 18.9 Å². The molecule has 0 radical (unpaired) electrons. The highest BCUT2D eigenvalue weighted by atomic mass is 19.3. The van der Waals surface area contributed by atoms with Gasteiger partial charge >= 0.3 is 5.92 Å². The number of aromatic nitrogens is 5. The van der Waals surface area contributed by atoms with E-state index in [-0.39, 0.29) is 5.82 Å². The molecule has 0 saturated heterocycles. The Bertz CT molecular complexity index is 949. The summed E-state index contributed by atoms with van der Waals surface area (Å²) >= 11 is 0. The maximum absolute atomic E-state index is 14.3. The number of hydrogen-bond donors (Lipinski definition) is 1. The molecule has 6 nitrogen and oxygen atoms in total. The van der Waals surface area contributed by atoms with E-state index in [0.717, 1.165) is 17.1 Å². The number of tetrazole rings is 1. The van der Waals surface area contributed by atoms with Crippen LogP contribution in [0.2, 0.25) is 0 Å². The molecule has 0 fully saturated rings. The van der Waals surface area contributed by atoms with Gasteiger partial charge < -0.3 is 5.11 Å². The summed E-state index contributed by atoms with van der Waals surface area (Å²) in [5.74, 6) is 1.69. The maximum atomic E-state index is 14.3. The van der Waals surface area contributed by atoms with Crippen molar-refractivity contribution in [1.29, 1.82) is 0 Å². The van der Waals surface area contributed by atoms with E-state index >= 15 is 0 Å². The first-order chi connectivity index (χ1) is 12.9. The first-order valence-electron chi connectivity index (χ1n) is 7.91. The smallest absolute Gasteiger partial charge is 0.316 e. The summed E-state index contributed by atoms with van der Waals surface area (Å²) in [7, 11) is 0. The molecule has 0 amide bonds. The molecular weight excluding hydrogens is 359 g/mol. The van der Waals surface area contributed by atoms with Crippen LogP contribution in [0.1, 0.15) is 16.8 Å². The number of pyridine rings is 1. The largest absolute Gasteiger partial charge is 0.384 e. The maximum Gasteiger partial charge on any atom is 0.316 e. The minimum Gasteiger partial charge on any atom is -0.384 e. The van der Waals surface area contributed by atoms with Crippen molar-refractivity contribution in [2.45, 2.75) is 25.0 Å². The molecule has 27 heavy (non-hydrogen) atoms. The van der Waals surface area contributed by atoms with Crippen molar-refractivity contribution in [2.75, 3.05) is 0 Å². The van der Waals surface area contributed by atoms with E-state index in [2.05, 4.69) is 32.4 Å². The summed E-state index contributed by atoms with van der Waals surface area (Å²) < 4.78 is 42.7. The lowest BCUT2D eigenvalue weighted by Crippen LogP contribution is -2.35. The predicted octanol–water partition coefficient (Wildman–Crippen LogP) is 1.95. The minimum absolute atomic E-state index is 0.320. The second kappa shape index (κ2) is 7.97. The number of halogens is 3. The van der Waals surface area contributed by atoms with Gasteiger partial charge in [-0.15, -0.1) is 5.10 Å². The Morgan fingerprint density at radius 2 is 2.07 bits per heavy atom. The molecule has 3 rings (SSSR count). The highest BCUT2D eigenvalue weighted by Gasteiger charge is 2.42. The van der Waals surface area contributed by atoms with Gasteiger partial charge in [-0.25, -0.2) is 9.07 Å². The predicted molar refractivity (Wildman–Crippen MR) is 88.9 cm³/mol. The highest BCUT2D eigenvalue weighted by Crippen LogP contribution is 2.31. The Labute approximate surface area is 152 Å². The molecule has 0 saturated carbocycles. The van der Waals surface area contributed by atoms with Gasteiger partial charge in [0, 0.05) is 18.2 Å². The lowest BCUT2D eigenvalue weighted by molar-refractivity contribution is -0.124. The molecule has 2 heterocycles. The molecule has 0 aliphatic heterocycles. The van der Waals surface area contributed by atoms with Gasteiger partial charge in [0.05, 0.1) is 6.54 Å². The van der Waals surface area contributed by atoms with E-state index in [4.69, 9.17) is 0 Å². The number of aliphatic hydroxyl groups is 1. The zero-order chi connectivity index (χ0) is 19.3. The van der Waals surface area contributed by atoms with Crippen LogP contribution < -0.4 is 0 Å². The number of benzene rings is 1. The van der Waals surface area contributed by atoms with Crippen LogP contribution in [0.4, 0.5) is 13.2 Å². The second-order valence-electron chi connectivity index (χ2n) is 5.71. The number of hydrogen-bond acceptors (Lipinski definition) is 5. The van der Waals surface area contributed by atoms with Crippen molar-refractivity contribution in [3.05, 3.63) is 71.6 Å². The quantitative estimate of drug-likeness (QED) is 0.692. The van der Waals surface area contributed by atoms with E-state index in [1.807, 2.05) is 0 Å². The van der Waals surface area contributed by atoms with Gasteiger partial charge in [-0.05, 0) is 40.3 Å². The average molecular weight is 373 g/mol. The molecule has 0 aliphatic rings. The van der Waals surface area contributed by atoms with Crippen LogP contribution >= 0.6 is 0 Å². The topological polar surface area (TPSA) is 76.7 Å². The van der Waals surface area contributed by atoms with Crippen molar-refractivity contribution in [2.24, 2.45) is 0 Å². The van der Waals surface area contributed by atoms with Crippen LogP contribution in [-0.4, -0.2) is 36.4 Å². The van der Waals surface area contributed by atoms with E-state index < -0.39 is 24.3 Å². The molecule has 0 spiro atoms. The van der Waals surface area contributed by atoms with E-state index in [0.29, 0.717) is 17.5 Å². The number of nitrogens with zero attached hydrogens (tertiary/aromatic N) is 5. The number of aliphatic hydroxyl groups excluding tert-OH is 1. The average Bonchev–Trinajstić information content (AvgIpc) is 3.15. The molecule has 0 bridgehead atoms. The summed E-state index contributed by atoms with van der Waals surface area (Å²) in [5, 5.41) is 19.9. The van der Waals surface area contributed by atoms with Gasteiger partial charge in [-0.1, -0.05) is 24.0 Å². The molecule has 138 valence electrons. The summed E-state index contributed by atoms with van der Waals surface area (Å²) in [4.78, 5) is 3.71. The molecule has 1 unspecified atom stereocenters. The minimum atomic E-state index is -3.58. The van der Waals surface area contributed by atoms with Gasteiger partial charge in [-0.2, -0.15) is 8.78 Å². The van der Waals surface area contributed by atoms with Gasteiger partial charge in [0.15, 0.2) is 0 Å². The van der Waals surface area contributed by atoms with Crippen LogP contribution in [0.15, 0.2) is 48.9 Å². The molecule has 1 aromatic carbocycles. The van der Waals surface area contributed by atoms with Crippen molar-refractivity contribution < 1.29 is 18.3 Å². The third-order valence-corrected chi connectivity index (χ3v) is 3.69. The Balaban J connectivity index is 1.66. The zero-order valence-electron chi connectivity index (χ0n) is 13.9. The lowest BCUT2D eigenvalue weighted by atomic mass is 10.1. The lowest BCUT2D eigenvalue weighted by Gasteiger charge is -2.21. The summed E-state index contributed by atoms with van der Waals surface area (Å²) in [5.41, 5.74) is 0.559. The standard InChI is InChI=1S/C18H14F3N5O/c19-15-6-2-4-13(9-15)3-1-5-14-7-8-16(22-10-14)18(20,21)17(27)11-26-12-23-24-25-26/h2,4,6-10,12,17,27H,3,11H2. The fourth-order valence-electron chi connectivity index (χ4n) is 2.29. The summed E-state index contributed by atoms with van der Waals surface area (Å²) in [6.45, 7) is -0.475. The van der Waals surface area contributed by atoms with Crippen molar-refractivity contribution >= 4 is 0 Å². The van der Waals surface area contributed by atoms with Gasteiger partial charge in [-0.3, -0.25) is 4.98 Å². The summed E-state index contributed by atoms with van der Waals surface area (Å²) in [6.07, 6.45) is 0.606. The third kappa shape index (κ3) is 4.68. The first-order valence-corrected chi connectivity index (χ1v) is 7.91. The number of alkyl halides is 2. The Morgan fingerprint density at radius 1 is 1.22 bits per heavy atom.